The zero-order valence-corrected chi connectivity index (χ0v) is 7.95. The normalized spacial score (nSPS) is 21.1. The number of hydrogen-bond acceptors (Lipinski definition) is 4. The Morgan fingerprint density at radius 1 is 1.62 bits per heavy atom. The van der Waals surface area contributed by atoms with Gasteiger partial charge in [0, 0.05) is 13.1 Å². The van der Waals surface area contributed by atoms with Gasteiger partial charge in [-0.1, -0.05) is 6.92 Å². The van der Waals surface area contributed by atoms with Crippen LogP contribution >= 0.6 is 0 Å². The van der Waals surface area contributed by atoms with Crippen LogP contribution in [-0.4, -0.2) is 43.3 Å². The first-order valence-corrected chi connectivity index (χ1v) is 4.62. The quantitative estimate of drug-likeness (QED) is 0.600. The van der Waals surface area contributed by atoms with Crippen LogP contribution in [-0.2, 0) is 9.53 Å². The minimum Gasteiger partial charge on any atom is -0.379 e. The van der Waals surface area contributed by atoms with E-state index in [1.807, 2.05) is 11.9 Å². The van der Waals surface area contributed by atoms with E-state index in [2.05, 4.69) is 5.43 Å². The van der Waals surface area contributed by atoms with Crippen molar-refractivity contribution in [1.29, 1.82) is 0 Å². The number of ether oxygens (including phenoxy) is 1. The largest absolute Gasteiger partial charge is 0.379 e. The monoisotopic (exact) mass is 187 g/mol. The van der Waals surface area contributed by atoms with Crippen molar-refractivity contribution < 1.29 is 9.53 Å². The van der Waals surface area contributed by atoms with E-state index >= 15 is 0 Å². The molecule has 5 heteroatoms. The van der Waals surface area contributed by atoms with E-state index in [0.29, 0.717) is 19.6 Å². The van der Waals surface area contributed by atoms with Gasteiger partial charge in [0.25, 0.3) is 5.91 Å². The molecule has 0 bridgehead atoms. The average molecular weight is 187 g/mol. The van der Waals surface area contributed by atoms with Gasteiger partial charge in [0.05, 0.1) is 19.3 Å². The molecule has 1 heterocycles. The van der Waals surface area contributed by atoms with Crippen LogP contribution in [0.3, 0.4) is 0 Å². The Labute approximate surface area is 78.2 Å². The van der Waals surface area contributed by atoms with Crippen LogP contribution < -0.4 is 11.2 Å². The number of nitrogens with one attached hydrogen (secondary N) is 1. The first-order valence-electron chi connectivity index (χ1n) is 4.62. The van der Waals surface area contributed by atoms with Gasteiger partial charge in [-0.15, -0.1) is 0 Å². The summed E-state index contributed by atoms with van der Waals surface area (Å²) < 4.78 is 5.14. The minimum absolute atomic E-state index is 0.107. The number of hydrogen-bond donors (Lipinski definition) is 2. The molecule has 0 unspecified atom stereocenters. The fraction of sp³-hybridized carbons (Fsp3) is 0.875. The summed E-state index contributed by atoms with van der Waals surface area (Å²) in [5, 5.41) is 1.85. The molecule has 1 fully saturated rings. The summed E-state index contributed by atoms with van der Waals surface area (Å²) in [7, 11) is 0. The average Bonchev–Trinajstić information content (AvgIpc) is 2.18. The number of nitrogens with two attached hydrogens (primary N) is 1. The number of morpholine rings is 1. The fourth-order valence-corrected chi connectivity index (χ4v) is 1.10. The molecule has 76 valence electrons. The van der Waals surface area contributed by atoms with Crippen molar-refractivity contribution in [3.8, 4) is 0 Å². The Kier molecular flexibility index (Phi) is 4.14. The highest BCUT2D eigenvalue weighted by Gasteiger charge is 2.16. The van der Waals surface area contributed by atoms with Crippen molar-refractivity contribution in [2.45, 2.75) is 19.4 Å². The van der Waals surface area contributed by atoms with Gasteiger partial charge in [0.1, 0.15) is 0 Å². The zero-order valence-electron chi connectivity index (χ0n) is 7.95. The van der Waals surface area contributed by atoms with E-state index in [4.69, 9.17) is 10.5 Å². The minimum atomic E-state index is -0.400. The van der Waals surface area contributed by atoms with Crippen molar-refractivity contribution in [2.75, 3.05) is 26.3 Å². The second kappa shape index (κ2) is 5.16. The van der Waals surface area contributed by atoms with Crippen LogP contribution in [0.25, 0.3) is 0 Å². The molecule has 1 atom stereocenters. The number of carbonyl (C=O) groups is 1. The van der Waals surface area contributed by atoms with Crippen LogP contribution in [0.2, 0.25) is 0 Å². The van der Waals surface area contributed by atoms with Crippen molar-refractivity contribution in [3.63, 3.8) is 0 Å². The maximum Gasteiger partial charge on any atom is 0.251 e. The molecule has 1 aliphatic rings. The standard InChI is InChI=1S/C8H17N3O2/c1-2-7(9)8(12)10-11-3-5-13-6-4-11/h7H,2-6,9H2,1H3,(H,10,12)/t7-/m0/s1. The van der Waals surface area contributed by atoms with Gasteiger partial charge in [0.15, 0.2) is 0 Å². The molecule has 0 aromatic heterocycles. The molecule has 13 heavy (non-hydrogen) atoms. The predicted molar refractivity (Wildman–Crippen MR) is 48.8 cm³/mol. The second-order valence-corrected chi connectivity index (χ2v) is 3.09. The molecule has 0 spiro atoms. The van der Waals surface area contributed by atoms with Crippen molar-refractivity contribution in [1.82, 2.24) is 10.4 Å². The Morgan fingerprint density at radius 2 is 2.23 bits per heavy atom. The van der Waals surface area contributed by atoms with E-state index in [-0.39, 0.29) is 5.91 Å². The van der Waals surface area contributed by atoms with E-state index in [9.17, 15) is 4.79 Å². The molecule has 5 nitrogen and oxygen atoms in total. The number of hydrazine groups is 1. The predicted octanol–water partition coefficient (Wildman–Crippen LogP) is -0.913. The maximum atomic E-state index is 11.3. The van der Waals surface area contributed by atoms with Gasteiger partial charge >= 0.3 is 0 Å². The van der Waals surface area contributed by atoms with Gasteiger partial charge in [0.2, 0.25) is 0 Å². The summed E-state index contributed by atoms with van der Waals surface area (Å²) in [6.45, 7) is 4.71. The van der Waals surface area contributed by atoms with Gasteiger partial charge in [-0.2, -0.15) is 0 Å². The maximum absolute atomic E-state index is 11.3. The fourth-order valence-electron chi connectivity index (χ4n) is 1.10. The van der Waals surface area contributed by atoms with Gasteiger partial charge in [-0.25, -0.2) is 5.01 Å². The molecule has 1 aliphatic heterocycles. The van der Waals surface area contributed by atoms with Crippen LogP contribution in [0, 0.1) is 0 Å². The van der Waals surface area contributed by atoms with Crippen molar-refractivity contribution >= 4 is 5.91 Å². The summed E-state index contributed by atoms with van der Waals surface area (Å²) in [6.07, 6.45) is 0.663. The molecular formula is C8H17N3O2. The summed E-state index contributed by atoms with van der Waals surface area (Å²) in [6, 6.07) is -0.400. The highest BCUT2D eigenvalue weighted by atomic mass is 16.5. The topological polar surface area (TPSA) is 67.6 Å². The molecule has 0 saturated carbocycles. The Balaban J connectivity index is 2.26. The molecule has 1 rings (SSSR count). The molecular weight excluding hydrogens is 170 g/mol. The summed E-state index contributed by atoms with van der Waals surface area (Å²) in [5.41, 5.74) is 8.32. The molecule has 0 aromatic rings. The lowest BCUT2D eigenvalue weighted by Crippen LogP contribution is -2.53. The van der Waals surface area contributed by atoms with E-state index in [0.717, 1.165) is 13.1 Å². The SMILES string of the molecule is CC[C@H](N)C(=O)NN1CCOCC1. The zero-order chi connectivity index (χ0) is 9.68. The lowest BCUT2D eigenvalue weighted by atomic mass is 10.2. The number of amides is 1. The Bertz CT molecular complexity index is 169. The third-order valence-corrected chi connectivity index (χ3v) is 2.06. The van der Waals surface area contributed by atoms with Crippen molar-refractivity contribution in [2.24, 2.45) is 5.73 Å². The number of rotatable bonds is 3. The summed E-state index contributed by atoms with van der Waals surface area (Å²) in [4.78, 5) is 11.3. The first kappa shape index (κ1) is 10.4. The molecule has 1 saturated heterocycles. The van der Waals surface area contributed by atoms with Gasteiger partial charge in [-0.05, 0) is 6.42 Å². The highest BCUT2D eigenvalue weighted by molar-refractivity contribution is 5.80. The molecule has 3 N–H and O–H groups in total. The first-order chi connectivity index (χ1) is 6.24. The lowest BCUT2D eigenvalue weighted by Gasteiger charge is -2.27. The van der Waals surface area contributed by atoms with Crippen LogP contribution in [0.15, 0.2) is 0 Å². The smallest absolute Gasteiger partial charge is 0.251 e. The Hall–Kier alpha value is -0.650. The highest BCUT2D eigenvalue weighted by Crippen LogP contribution is 1.94. The van der Waals surface area contributed by atoms with Crippen LogP contribution in [0.4, 0.5) is 0 Å². The van der Waals surface area contributed by atoms with E-state index in [1.165, 1.54) is 0 Å². The molecule has 1 amide bonds. The van der Waals surface area contributed by atoms with E-state index in [1.54, 1.807) is 0 Å². The Morgan fingerprint density at radius 3 is 2.77 bits per heavy atom. The van der Waals surface area contributed by atoms with Crippen LogP contribution in [0.5, 0.6) is 0 Å². The molecule has 0 radical (unpaired) electrons. The van der Waals surface area contributed by atoms with Crippen molar-refractivity contribution in [3.05, 3.63) is 0 Å². The third-order valence-electron chi connectivity index (χ3n) is 2.06. The van der Waals surface area contributed by atoms with Gasteiger partial charge in [-0.3, -0.25) is 10.2 Å². The number of carbonyl (C=O) groups excluding carboxylic acids is 1. The second-order valence-electron chi connectivity index (χ2n) is 3.09. The lowest BCUT2D eigenvalue weighted by molar-refractivity contribution is -0.129. The van der Waals surface area contributed by atoms with Gasteiger partial charge < -0.3 is 10.5 Å². The molecule has 0 aliphatic carbocycles. The number of nitrogens with zero attached hydrogens (tertiary/aromatic N) is 1. The summed E-state index contributed by atoms with van der Waals surface area (Å²) in [5.74, 6) is -0.107. The third kappa shape index (κ3) is 3.30. The summed E-state index contributed by atoms with van der Waals surface area (Å²) >= 11 is 0. The molecule has 0 aromatic carbocycles. The van der Waals surface area contributed by atoms with Crippen LogP contribution in [0.1, 0.15) is 13.3 Å². The van der Waals surface area contributed by atoms with E-state index < -0.39 is 6.04 Å².